The highest BCUT2D eigenvalue weighted by Gasteiger charge is 2.31. The van der Waals surface area contributed by atoms with Gasteiger partial charge in [-0.25, -0.2) is 0 Å². The number of hydrogen-bond donors (Lipinski definition) is 2. The van der Waals surface area contributed by atoms with Crippen molar-refractivity contribution in [2.45, 2.75) is 45.2 Å². The molecule has 1 aromatic heterocycles. The lowest BCUT2D eigenvalue weighted by Gasteiger charge is -2.23. The van der Waals surface area contributed by atoms with Crippen molar-refractivity contribution in [1.29, 1.82) is 0 Å². The van der Waals surface area contributed by atoms with Crippen molar-refractivity contribution in [3.8, 4) is 0 Å². The van der Waals surface area contributed by atoms with Crippen LogP contribution in [-0.4, -0.2) is 17.6 Å². The second-order valence-corrected chi connectivity index (χ2v) is 6.91. The van der Waals surface area contributed by atoms with Crippen LogP contribution in [0.5, 0.6) is 0 Å². The molecule has 3 N–H and O–H groups in total. The maximum atomic E-state index is 5.89. The number of aromatic nitrogens is 1. The molecule has 1 fully saturated rings. The molecule has 2 atom stereocenters. The summed E-state index contributed by atoms with van der Waals surface area (Å²) in [4.78, 5) is 4.21. The summed E-state index contributed by atoms with van der Waals surface area (Å²) in [5, 5.41) is 3.68. The average Bonchev–Trinajstić information content (AvgIpc) is 2.65. The molecule has 18 heavy (non-hydrogen) atoms. The minimum atomic E-state index is 0.203. The number of hydrogen-bond acceptors (Lipinski definition) is 3. The van der Waals surface area contributed by atoms with E-state index in [1.807, 2.05) is 6.20 Å². The molecular formula is C14H22BrN3. The molecule has 100 valence electrons. The highest BCUT2D eigenvalue weighted by Crippen LogP contribution is 2.37. The maximum absolute atomic E-state index is 5.89. The molecule has 1 aliphatic rings. The van der Waals surface area contributed by atoms with Gasteiger partial charge in [0.15, 0.2) is 0 Å². The van der Waals surface area contributed by atoms with Crippen LogP contribution in [0, 0.1) is 5.41 Å². The van der Waals surface area contributed by atoms with Crippen LogP contribution in [0.3, 0.4) is 0 Å². The van der Waals surface area contributed by atoms with Crippen LogP contribution in [0.4, 0.5) is 0 Å². The second-order valence-electron chi connectivity index (χ2n) is 6.00. The Morgan fingerprint density at radius 2 is 2.33 bits per heavy atom. The van der Waals surface area contributed by atoms with Gasteiger partial charge in [-0.3, -0.25) is 4.98 Å². The molecule has 2 rings (SSSR count). The fourth-order valence-corrected chi connectivity index (χ4v) is 3.16. The predicted octanol–water partition coefficient (Wildman–Crippen LogP) is 3.01. The van der Waals surface area contributed by atoms with E-state index in [0.29, 0.717) is 18.0 Å². The zero-order valence-electron chi connectivity index (χ0n) is 11.1. The molecule has 0 saturated heterocycles. The lowest BCUT2D eigenvalue weighted by atomic mass is 9.91. The van der Waals surface area contributed by atoms with Gasteiger partial charge in [0.2, 0.25) is 0 Å². The van der Waals surface area contributed by atoms with Crippen LogP contribution in [0.15, 0.2) is 22.9 Å². The van der Waals surface area contributed by atoms with Crippen LogP contribution in [0.25, 0.3) is 0 Å². The van der Waals surface area contributed by atoms with Crippen LogP contribution >= 0.6 is 15.9 Å². The average molecular weight is 312 g/mol. The monoisotopic (exact) mass is 311 g/mol. The molecule has 4 heteroatoms. The van der Waals surface area contributed by atoms with E-state index in [9.17, 15) is 0 Å². The van der Waals surface area contributed by atoms with E-state index in [0.717, 1.165) is 10.0 Å². The van der Waals surface area contributed by atoms with Crippen molar-refractivity contribution >= 4 is 15.9 Å². The molecule has 2 unspecified atom stereocenters. The molecular weight excluding hydrogens is 290 g/mol. The number of nitrogens with one attached hydrogen (secondary N) is 1. The normalized spacial score (nSPS) is 24.1. The molecule has 1 aliphatic carbocycles. The first-order chi connectivity index (χ1) is 8.50. The Kier molecular flexibility index (Phi) is 4.41. The Bertz CT molecular complexity index is 406. The third-order valence-corrected chi connectivity index (χ3v) is 4.20. The van der Waals surface area contributed by atoms with Crippen LogP contribution in [0.2, 0.25) is 0 Å². The van der Waals surface area contributed by atoms with Gasteiger partial charge in [0.1, 0.15) is 0 Å². The van der Waals surface area contributed by atoms with Gasteiger partial charge in [-0.15, -0.1) is 0 Å². The molecule has 1 aromatic rings. The summed E-state index contributed by atoms with van der Waals surface area (Å²) in [7, 11) is 0. The van der Waals surface area contributed by atoms with E-state index in [2.05, 4.69) is 46.1 Å². The van der Waals surface area contributed by atoms with Gasteiger partial charge >= 0.3 is 0 Å². The van der Waals surface area contributed by atoms with Crippen LogP contribution in [0.1, 0.15) is 44.7 Å². The van der Waals surface area contributed by atoms with E-state index in [1.54, 1.807) is 6.20 Å². The minimum absolute atomic E-state index is 0.203. The number of nitrogens with two attached hydrogens (primary N) is 1. The van der Waals surface area contributed by atoms with Crippen molar-refractivity contribution in [3.63, 3.8) is 0 Å². The van der Waals surface area contributed by atoms with Gasteiger partial charge < -0.3 is 11.1 Å². The van der Waals surface area contributed by atoms with Gasteiger partial charge in [-0.1, -0.05) is 13.8 Å². The summed E-state index contributed by atoms with van der Waals surface area (Å²) in [6, 6.07) is 2.87. The zero-order valence-corrected chi connectivity index (χ0v) is 12.7. The van der Waals surface area contributed by atoms with E-state index >= 15 is 0 Å². The van der Waals surface area contributed by atoms with E-state index in [4.69, 9.17) is 5.73 Å². The molecule has 0 aromatic carbocycles. The number of pyridine rings is 1. The third kappa shape index (κ3) is 3.53. The number of rotatable bonds is 4. The number of halogens is 1. The molecule has 1 saturated carbocycles. The quantitative estimate of drug-likeness (QED) is 0.898. The standard InChI is InChI=1S/C14H22BrN3/c1-14(2)4-3-12(6-14)18-13(7-16)10-5-11(15)9-17-8-10/h5,8-9,12-13,18H,3-4,6-7,16H2,1-2H3. The largest absolute Gasteiger partial charge is 0.329 e. The first-order valence-corrected chi connectivity index (χ1v) is 7.36. The lowest BCUT2D eigenvalue weighted by molar-refractivity contribution is 0.353. The molecule has 0 aliphatic heterocycles. The van der Waals surface area contributed by atoms with Crippen molar-refractivity contribution in [2.24, 2.45) is 11.1 Å². The smallest absolute Gasteiger partial charge is 0.0462 e. The van der Waals surface area contributed by atoms with Crippen molar-refractivity contribution in [1.82, 2.24) is 10.3 Å². The van der Waals surface area contributed by atoms with Gasteiger partial charge in [0.25, 0.3) is 0 Å². The Morgan fingerprint density at radius 3 is 2.89 bits per heavy atom. The molecule has 1 heterocycles. The fraction of sp³-hybridized carbons (Fsp3) is 0.643. The van der Waals surface area contributed by atoms with Crippen molar-refractivity contribution < 1.29 is 0 Å². The van der Waals surface area contributed by atoms with E-state index < -0.39 is 0 Å². The summed E-state index contributed by atoms with van der Waals surface area (Å²) in [5.41, 5.74) is 7.52. The van der Waals surface area contributed by atoms with Gasteiger partial charge in [0, 0.05) is 35.5 Å². The topological polar surface area (TPSA) is 50.9 Å². The summed E-state index contributed by atoms with van der Waals surface area (Å²) < 4.78 is 1.01. The Labute approximate surface area is 118 Å². The highest BCUT2D eigenvalue weighted by atomic mass is 79.9. The lowest BCUT2D eigenvalue weighted by Crippen LogP contribution is -2.35. The van der Waals surface area contributed by atoms with E-state index in [-0.39, 0.29) is 6.04 Å². The van der Waals surface area contributed by atoms with Gasteiger partial charge in [0.05, 0.1) is 0 Å². The highest BCUT2D eigenvalue weighted by molar-refractivity contribution is 9.10. The maximum Gasteiger partial charge on any atom is 0.0462 e. The Morgan fingerprint density at radius 1 is 1.56 bits per heavy atom. The molecule has 0 bridgehead atoms. The van der Waals surface area contributed by atoms with Crippen molar-refractivity contribution in [2.75, 3.05) is 6.54 Å². The minimum Gasteiger partial charge on any atom is -0.329 e. The van der Waals surface area contributed by atoms with Crippen molar-refractivity contribution in [3.05, 3.63) is 28.5 Å². The third-order valence-electron chi connectivity index (χ3n) is 3.77. The van der Waals surface area contributed by atoms with Gasteiger partial charge in [-0.05, 0) is 52.2 Å². The molecule has 0 spiro atoms. The zero-order chi connectivity index (χ0) is 13.2. The Balaban J connectivity index is 2.02. The first kappa shape index (κ1) is 14.0. The van der Waals surface area contributed by atoms with E-state index in [1.165, 1.54) is 19.3 Å². The van der Waals surface area contributed by atoms with Crippen LogP contribution in [-0.2, 0) is 0 Å². The summed E-state index contributed by atoms with van der Waals surface area (Å²) in [5.74, 6) is 0. The van der Waals surface area contributed by atoms with Gasteiger partial charge in [-0.2, -0.15) is 0 Å². The summed E-state index contributed by atoms with van der Waals surface area (Å²) >= 11 is 3.46. The Hall–Kier alpha value is -0.450. The number of nitrogens with zero attached hydrogens (tertiary/aromatic N) is 1. The fourth-order valence-electron chi connectivity index (χ4n) is 2.78. The SMILES string of the molecule is CC1(C)CCC(NC(CN)c2cncc(Br)c2)C1. The molecule has 0 amide bonds. The summed E-state index contributed by atoms with van der Waals surface area (Å²) in [6.45, 7) is 5.29. The first-order valence-electron chi connectivity index (χ1n) is 6.57. The predicted molar refractivity (Wildman–Crippen MR) is 78.3 cm³/mol. The molecule has 3 nitrogen and oxygen atoms in total. The second kappa shape index (κ2) is 5.68. The molecule has 0 radical (unpaired) electrons. The van der Waals surface area contributed by atoms with Crippen LogP contribution < -0.4 is 11.1 Å². The summed E-state index contributed by atoms with van der Waals surface area (Å²) in [6.07, 6.45) is 7.46.